The first-order valence-electron chi connectivity index (χ1n) is 5.14. The Labute approximate surface area is 102 Å². The van der Waals surface area contributed by atoms with Crippen LogP contribution in [0.15, 0.2) is 4.99 Å². The number of ether oxygens (including phenoxy) is 1. The van der Waals surface area contributed by atoms with Gasteiger partial charge < -0.3 is 9.64 Å². The molecule has 0 spiro atoms. The number of amides is 1. The van der Waals surface area contributed by atoms with Crippen LogP contribution in [-0.4, -0.2) is 47.5 Å². The van der Waals surface area contributed by atoms with Crippen molar-refractivity contribution in [2.75, 3.05) is 13.1 Å². The number of isocyanates is 1. The van der Waals surface area contributed by atoms with Crippen LogP contribution >= 0.6 is 0 Å². The van der Waals surface area contributed by atoms with Gasteiger partial charge in [-0.05, 0) is 20.8 Å². The van der Waals surface area contributed by atoms with E-state index in [2.05, 4.69) is 4.99 Å². The molecule has 0 saturated carbocycles. The summed E-state index contributed by atoms with van der Waals surface area (Å²) in [6.07, 6.45) is -4.65. The van der Waals surface area contributed by atoms with Gasteiger partial charge in [-0.15, -0.1) is 0 Å². The van der Waals surface area contributed by atoms with E-state index in [9.17, 15) is 22.8 Å². The van der Waals surface area contributed by atoms with Crippen molar-refractivity contribution in [3.8, 4) is 0 Å². The largest absolute Gasteiger partial charge is 0.444 e. The van der Waals surface area contributed by atoms with Crippen molar-refractivity contribution in [3.63, 3.8) is 0 Å². The zero-order valence-electron chi connectivity index (χ0n) is 10.2. The van der Waals surface area contributed by atoms with Crippen LogP contribution in [0.25, 0.3) is 0 Å². The Morgan fingerprint density at radius 2 is 1.83 bits per heavy atom. The van der Waals surface area contributed by atoms with Crippen molar-refractivity contribution in [2.24, 2.45) is 4.99 Å². The molecule has 1 amide bonds. The second-order valence-electron chi connectivity index (χ2n) is 5.07. The molecule has 1 saturated heterocycles. The molecule has 0 aromatic heterocycles. The number of carbonyl (C=O) groups excluding carboxylic acids is 2. The fourth-order valence-corrected chi connectivity index (χ4v) is 1.44. The van der Waals surface area contributed by atoms with E-state index >= 15 is 0 Å². The fourth-order valence-electron chi connectivity index (χ4n) is 1.44. The number of aliphatic imine (C=N–C) groups is 1. The molecule has 18 heavy (non-hydrogen) atoms. The first-order valence-corrected chi connectivity index (χ1v) is 5.14. The molecule has 1 rings (SSSR count). The van der Waals surface area contributed by atoms with Crippen LogP contribution < -0.4 is 0 Å². The molecule has 0 bridgehead atoms. The summed E-state index contributed by atoms with van der Waals surface area (Å²) in [5.74, 6) is 0. The zero-order valence-corrected chi connectivity index (χ0v) is 10.2. The Morgan fingerprint density at radius 3 is 2.17 bits per heavy atom. The van der Waals surface area contributed by atoms with Crippen molar-refractivity contribution in [1.29, 1.82) is 0 Å². The highest BCUT2D eigenvalue weighted by molar-refractivity contribution is 5.70. The molecule has 0 aromatic carbocycles. The highest BCUT2D eigenvalue weighted by Gasteiger charge is 2.64. The third kappa shape index (κ3) is 2.81. The lowest BCUT2D eigenvalue weighted by molar-refractivity contribution is -0.216. The Hall–Kier alpha value is -1.56. The molecule has 8 heteroatoms. The number of halogens is 3. The third-order valence-electron chi connectivity index (χ3n) is 2.34. The van der Waals surface area contributed by atoms with E-state index < -0.39 is 36.5 Å². The molecule has 1 aliphatic heterocycles. The highest BCUT2D eigenvalue weighted by Crippen LogP contribution is 2.41. The summed E-state index contributed by atoms with van der Waals surface area (Å²) in [5, 5.41) is 0. The summed E-state index contributed by atoms with van der Waals surface area (Å²) >= 11 is 0. The molecule has 0 aromatic rings. The van der Waals surface area contributed by atoms with Crippen molar-refractivity contribution in [1.82, 2.24) is 4.90 Å². The number of hydrogen-bond acceptors (Lipinski definition) is 4. The van der Waals surface area contributed by atoms with E-state index in [1.165, 1.54) is 0 Å². The SMILES string of the molecule is CC(C)(C)OC(=O)N1CC(N=C=O)(C(F)(F)F)C1. The Kier molecular flexibility index (Phi) is 3.44. The quantitative estimate of drug-likeness (QED) is 0.537. The maximum Gasteiger partial charge on any atom is 0.417 e. The van der Waals surface area contributed by atoms with Gasteiger partial charge in [-0.25, -0.2) is 9.59 Å². The number of rotatable bonds is 1. The van der Waals surface area contributed by atoms with Crippen molar-refractivity contribution < 1.29 is 27.5 Å². The van der Waals surface area contributed by atoms with Crippen LogP contribution in [-0.2, 0) is 9.53 Å². The standard InChI is InChI=1S/C10H13F3N2O3/c1-8(2,3)18-7(17)15-4-9(5-15,14-6-16)10(11,12)13/h4-5H2,1-3H3. The summed E-state index contributed by atoms with van der Waals surface area (Å²) in [7, 11) is 0. The summed E-state index contributed by atoms with van der Waals surface area (Å²) in [6.45, 7) is 3.36. The molecule has 0 unspecified atom stereocenters. The van der Waals surface area contributed by atoms with Gasteiger partial charge in [-0.2, -0.15) is 18.2 Å². The lowest BCUT2D eigenvalue weighted by Crippen LogP contribution is -2.69. The Bertz CT molecular complexity index is 388. The number of nitrogens with zero attached hydrogens (tertiary/aromatic N) is 2. The monoisotopic (exact) mass is 266 g/mol. The number of alkyl halides is 3. The maximum atomic E-state index is 12.7. The van der Waals surface area contributed by atoms with Crippen LogP contribution in [0.1, 0.15) is 20.8 Å². The van der Waals surface area contributed by atoms with Crippen molar-refractivity contribution in [3.05, 3.63) is 0 Å². The summed E-state index contributed by atoms with van der Waals surface area (Å²) < 4.78 is 42.9. The van der Waals surface area contributed by atoms with Crippen molar-refractivity contribution in [2.45, 2.75) is 38.1 Å². The number of carbonyl (C=O) groups is 1. The van der Waals surface area contributed by atoms with Gasteiger partial charge in [0.05, 0.1) is 13.1 Å². The summed E-state index contributed by atoms with van der Waals surface area (Å²) in [5.41, 5.74) is -3.33. The van der Waals surface area contributed by atoms with Gasteiger partial charge in [0.2, 0.25) is 11.6 Å². The van der Waals surface area contributed by atoms with Gasteiger partial charge in [0, 0.05) is 0 Å². The molecule has 0 radical (unpaired) electrons. The minimum atomic E-state index is -4.69. The van der Waals surface area contributed by atoms with Gasteiger partial charge in [-0.3, -0.25) is 0 Å². The van der Waals surface area contributed by atoms with E-state index in [1.807, 2.05) is 0 Å². The van der Waals surface area contributed by atoms with Gasteiger partial charge in [-0.1, -0.05) is 0 Å². The molecule has 0 N–H and O–H groups in total. The Balaban J connectivity index is 2.71. The second kappa shape index (κ2) is 4.28. The molecule has 0 aliphatic carbocycles. The Morgan fingerprint density at radius 1 is 1.33 bits per heavy atom. The minimum absolute atomic E-state index is 0.722. The predicted octanol–water partition coefficient (Wildman–Crippen LogP) is 1.87. The normalized spacial score (nSPS) is 18.7. The van der Waals surface area contributed by atoms with Gasteiger partial charge in [0.25, 0.3) is 0 Å². The molecule has 1 heterocycles. The molecular formula is C10H13F3N2O3. The van der Waals surface area contributed by atoms with E-state index in [-0.39, 0.29) is 0 Å². The minimum Gasteiger partial charge on any atom is -0.444 e. The third-order valence-corrected chi connectivity index (χ3v) is 2.34. The van der Waals surface area contributed by atoms with E-state index in [0.29, 0.717) is 0 Å². The lowest BCUT2D eigenvalue weighted by atomic mass is 9.90. The van der Waals surface area contributed by atoms with E-state index in [4.69, 9.17) is 4.74 Å². The molecule has 102 valence electrons. The molecule has 1 fully saturated rings. The molecule has 5 nitrogen and oxygen atoms in total. The van der Waals surface area contributed by atoms with Crippen LogP contribution in [0.5, 0.6) is 0 Å². The van der Waals surface area contributed by atoms with Crippen LogP contribution in [0.2, 0.25) is 0 Å². The predicted molar refractivity (Wildman–Crippen MR) is 54.7 cm³/mol. The topological polar surface area (TPSA) is 59.0 Å². The molecule has 0 atom stereocenters. The highest BCUT2D eigenvalue weighted by atomic mass is 19.4. The van der Waals surface area contributed by atoms with Gasteiger partial charge in [0.1, 0.15) is 5.60 Å². The average Bonchev–Trinajstić information content (AvgIpc) is 2.04. The lowest BCUT2D eigenvalue weighted by Gasteiger charge is -2.46. The van der Waals surface area contributed by atoms with E-state index in [1.54, 1.807) is 20.8 Å². The summed E-state index contributed by atoms with van der Waals surface area (Å²) in [4.78, 5) is 25.1. The van der Waals surface area contributed by atoms with Gasteiger partial charge >= 0.3 is 12.3 Å². The smallest absolute Gasteiger partial charge is 0.417 e. The number of hydrogen-bond donors (Lipinski definition) is 0. The van der Waals surface area contributed by atoms with Crippen LogP contribution in [0, 0.1) is 0 Å². The molecule has 1 aliphatic rings. The van der Waals surface area contributed by atoms with Crippen molar-refractivity contribution >= 4 is 12.2 Å². The zero-order chi connectivity index (χ0) is 14.2. The number of likely N-dealkylation sites (tertiary alicyclic amines) is 1. The summed E-state index contributed by atoms with van der Waals surface area (Å²) in [6, 6.07) is 0. The second-order valence-corrected chi connectivity index (χ2v) is 5.07. The first kappa shape index (κ1) is 14.5. The van der Waals surface area contributed by atoms with Gasteiger partial charge in [0.15, 0.2) is 0 Å². The van der Waals surface area contributed by atoms with Crippen LogP contribution in [0.3, 0.4) is 0 Å². The average molecular weight is 266 g/mol. The van der Waals surface area contributed by atoms with E-state index in [0.717, 1.165) is 11.0 Å². The van der Waals surface area contributed by atoms with Crippen LogP contribution in [0.4, 0.5) is 18.0 Å². The first-order chi connectivity index (χ1) is 8.01. The fraction of sp³-hybridized carbons (Fsp3) is 0.800. The molecular weight excluding hydrogens is 253 g/mol. The maximum absolute atomic E-state index is 12.7.